The molecule has 0 radical (unpaired) electrons. The fourth-order valence-electron chi connectivity index (χ4n) is 4.33. The normalized spacial score (nSPS) is 16.6. The van der Waals surface area contributed by atoms with Gasteiger partial charge in [-0.3, -0.25) is 9.69 Å². The van der Waals surface area contributed by atoms with Gasteiger partial charge in [0.1, 0.15) is 0 Å². The molecule has 4 rings (SSSR count). The molecule has 1 aliphatic carbocycles. The third-order valence-corrected chi connectivity index (χ3v) is 6.35. The van der Waals surface area contributed by atoms with Crippen LogP contribution in [-0.2, 0) is 24.3 Å². The molecule has 0 bridgehead atoms. The van der Waals surface area contributed by atoms with Gasteiger partial charge in [-0.05, 0) is 67.6 Å². The predicted octanol–water partition coefficient (Wildman–Crippen LogP) is 4.06. The first-order chi connectivity index (χ1) is 15.1. The number of rotatable bonds is 9. The highest BCUT2D eigenvalue weighted by atomic mass is 16.2. The summed E-state index contributed by atoms with van der Waals surface area (Å²) in [6, 6.07) is 16.8. The molecule has 1 fully saturated rings. The van der Waals surface area contributed by atoms with E-state index in [4.69, 9.17) is 0 Å². The van der Waals surface area contributed by atoms with Crippen molar-refractivity contribution < 1.29 is 4.79 Å². The molecular formula is C27H35N3O. The van der Waals surface area contributed by atoms with Gasteiger partial charge in [0.2, 0.25) is 5.91 Å². The van der Waals surface area contributed by atoms with Crippen LogP contribution in [0, 0.1) is 5.92 Å². The lowest BCUT2D eigenvalue weighted by Crippen LogP contribution is -2.35. The SMILES string of the molecule is CN(C)CCN(Cc1ccccc1)C(=O)/C=C/c1cccc2c1CCN(CC1CC1)C2. The quantitative estimate of drug-likeness (QED) is 0.576. The Labute approximate surface area is 187 Å². The second-order valence-electron chi connectivity index (χ2n) is 9.30. The van der Waals surface area contributed by atoms with Crippen LogP contribution in [0.25, 0.3) is 6.08 Å². The standard InChI is InChI=1S/C27H35N3O/c1-28(2)17-18-30(20-22-7-4-3-5-8-22)27(31)14-13-24-9-6-10-25-21-29(16-15-26(24)25)19-23-11-12-23/h3-10,13-14,23H,11-12,15-21H2,1-2H3/b14-13+. The summed E-state index contributed by atoms with van der Waals surface area (Å²) in [5.41, 5.74) is 5.21. The topological polar surface area (TPSA) is 26.8 Å². The van der Waals surface area contributed by atoms with Gasteiger partial charge in [-0.1, -0.05) is 48.5 Å². The molecule has 0 unspecified atom stereocenters. The van der Waals surface area contributed by atoms with E-state index in [1.165, 1.54) is 36.1 Å². The lowest BCUT2D eigenvalue weighted by atomic mass is 9.94. The van der Waals surface area contributed by atoms with Gasteiger partial charge in [-0.2, -0.15) is 0 Å². The number of hydrogen-bond donors (Lipinski definition) is 0. The van der Waals surface area contributed by atoms with E-state index < -0.39 is 0 Å². The molecule has 4 heteroatoms. The van der Waals surface area contributed by atoms with Gasteiger partial charge in [0.15, 0.2) is 0 Å². The molecular weight excluding hydrogens is 382 g/mol. The molecule has 31 heavy (non-hydrogen) atoms. The third-order valence-electron chi connectivity index (χ3n) is 6.35. The highest BCUT2D eigenvalue weighted by Crippen LogP contribution is 2.32. The zero-order valence-corrected chi connectivity index (χ0v) is 19.0. The van der Waals surface area contributed by atoms with Gasteiger partial charge in [0, 0.05) is 45.3 Å². The van der Waals surface area contributed by atoms with Crippen LogP contribution in [0.1, 0.15) is 35.1 Å². The summed E-state index contributed by atoms with van der Waals surface area (Å²) in [7, 11) is 4.09. The number of hydrogen-bond acceptors (Lipinski definition) is 3. The average Bonchev–Trinajstić information content (AvgIpc) is 3.59. The number of amides is 1. The molecule has 1 heterocycles. The minimum absolute atomic E-state index is 0.0782. The van der Waals surface area contributed by atoms with Gasteiger partial charge in [-0.25, -0.2) is 0 Å². The smallest absolute Gasteiger partial charge is 0.246 e. The molecule has 2 aliphatic rings. The molecule has 2 aromatic rings. The van der Waals surface area contributed by atoms with Crippen molar-refractivity contribution in [3.63, 3.8) is 0 Å². The van der Waals surface area contributed by atoms with Crippen molar-refractivity contribution in [2.75, 3.05) is 40.3 Å². The van der Waals surface area contributed by atoms with E-state index in [9.17, 15) is 4.79 Å². The summed E-state index contributed by atoms with van der Waals surface area (Å²) in [6.45, 7) is 5.63. The minimum atomic E-state index is 0.0782. The number of likely N-dealkylation sites (N-methyl/N-ethyl adjacent to an activating group) is 1. The van der Waals surface area contributed by atoms with Gasteiger partial charge in [-0.15, -0.1) is 0 Å². The minimum Gasteiger partial charge on any atom is -0.334 e. The fourth-order valence-corrected chi connectivity index (χ4v) is 4.33. The van der Waals surface area contributed by atoms with Crippen molar-refractivity contribution in [1.82, 2.24) is 14.7 Å². The van der Waals surface area contributed by atoms with E-state index in [-0.39, 0.29) is 5.91 Å². The third kappa shape index (κ3) is 6.28. The van der Waals surface area contributed by atoms with Crippen molar-refractivity contribution in [3.8, 4) is 0 Å². The second-order valence-corrected chi connectivity index (χ2v) is 9.30. The monoisotopic (exact) mass is 417 g/mol. The number of carbonyl (C=O) groups is 1. The summed E-state index contributed by atoms with van der Waals surface area (Å²) < 4.78 is 0. The fraction of sp³-hybridized carbons (Fsp3) is 0.444. The van der Waals surface area contributed by atoms with E-state index in [2.05, 4.69) is 40.1 Å². The van der Waals surface area contributed by atoms with Crippen LogP contribution >= 0.6 is 0 Å². The Morgan fingerprint density at radius 2 is 1.87 bits per heavy atom. The number of carbonyl (C=O) groups excluding carboxylic acids is 1. The molecule has 4 nitrogen and oxygen atoms in total. The molecule has 1 amide bonds. The molecule has 0 saturated heterocycles. The number of benzene rings is 2. The summed E-state index contributed by atoms with van der Waals surface area (Å²) in [5.74, 6) is 1.01. The Hall–Kier alpha value is -2.43. The van der Waals surface area contributed by atoms with Gasteiger partial charge >= 0.3 is 0 Å². The highest BCUT2D eigenvalue weighted by Gasteiger charge is 2.26. The summed E-state index contributed by atoms with van der Waals surface area (Å²) in [6.07, 6.45) is 7.68. The van der Waals surface area contributed by atoms with Gasteiger partial charge in [0.25, 0.3) is 0 Å². The van der Waals surface area contributed by atoms with Crippen LogP contribution in [0.15, 0.2) is 54.6 Å². The molecule has 2 aromatic carbocycles. The highest BCUT2D eigenvalue weighted by molar-refractivity contribution is 5.92. The van der Waals surface area contributed by atoms with E-state index in [0.717, 1.165) is 37.5 Å². The molecule has 1 saturated carbocycles. The van der Waals surface area contributed by atoms with E-state index in [1.807, 2.05) is 43.3 Å². The van der Waals surface area contributed by atoms with Crippen LogP contribution in [0.4, 0.5) is 0 Å². The first-order valence-electron chi connectivity index (χ1n) is 11.6. The molecule has 0 spiro atoms. The van der Waals surface area contributed by atoms with Crippen molar-refractivity contribution in [3.05, 3.63) is 76.9 Å². The van der Waals surface area contributed by atoms with Crippen molar-refractivity contribution >= 4 is 12.0 Å². The number of nitrogens with zero attached hydrogens (tertiary/aromatic N) is 3. The largest absolute Gasteiger partial charge is 0.334 e. The van der Waals surface area contributed by atoms with E-state index >= 15 is 0 Å². The second kappa shape index (κ2) is 10.3. The van der Waals surface area contributed by atoms with Crippen molar-refractivity contribution in [1.29, 1.82) is 0 Å². The molecule has 0 aromatic heterocycles. The first kappa shape index (κ1) is 21.8. The van der Waals surface area contributed by atoms with Crippen LogP contribution in [0.3, 0.4) is 0 Å². The maximum Gasteiger partial charge on any atom is 0.246 e. The maximum atomic E-state index is 13.1. The summed E-state index contributed by atoms with van der Waals surface area (Å²) in [4.78, 5) is 19.8. The lowest BCUT2D eigenvalue weighted by Gasteiger charge is -2.29. The zero-order chi connectivity index (χ0) is 21.6. The van der Waals surface area contributed by atoms with Crippen LogP contribution < -0.4 is 0 Å². The summed E-state index contributed by atoms with van der Waals surface area (Å²) in [5, 5.41) is 0. The maximum absolute atomic E-state index is 13.1. The molecule has 0 N–H and O–H groups in total. The Morgan fingerprint density at radius 1 is 1.06 bits per heavy atom. The molecule has 164 valence electrons. The Kier molecular flexibility index (Phi) is 7.21. The van der Waals surface area contributed by atoms with E-state index in [1.54, 1.807) is 6.08 Å². The lowest BCUT2D eigenvalue weighted by molar-refractivity contribution is -0.126. The zero-order valence-electron chi connectivity index (χ0n) is 19.0. The Balaban J connectivity index is 1.44. The first-order valence-corrected chi connectivity index (χ1v) is 11.6. The van der Waals surface area contributed by atoms with Crippen LogP contribution in [-0.4, -0.2) is 60.9 Å². The average molecular weight is 418 g/mol. The van der Waals surface area contributed by atoms with Gasteiger partial charge in [0.05, 0.1) is 0 Å². The van der Waals surface area contributed by atoms with Gasteiger partial charge < -0.3 is 9.80 Å². The Morgan fingerprint density at radius 3 is 2.61 bits per heavy atom. The Bertz CT molecular complexity index is 902. The van der Waals surface area contributed by atoms with Crippen molar-refractivity contribution in [2.24, 2.45) is 5.92 Å². The van der Waals surface area contributed by atoms with Crippen LogP contribution in [0.2, 0.25) is 0 Å². The molecule has 1 aliphatic heterocycles. The predicted molar refractivity (Wildman–Crippen MR) is 128 cm³/mol. The van der Waals surface area contributed by atoms with E-state index in [0.29, 0.717) is 13.1 Å². The molecule has 0 atom stereocenters. The summed E-state index contributed by atoms with van der Waals surface area (Å²) >= 11 is 0. The van der Waals surface area contributed by atoms with Crippen molar-refractivity contribution in [2.45, 2.75) is 32.4 Å². The van der Waals surface area contributed by atoms with Crippen LogP contribution in [0.5, 0.6) is 0 Å². The number of fused-ring (bicyclic) bond motifs is 1.